The van der Waals surface area contributed by atoms with Crippen LogP contribution in [0.4, 0.5) is 0 Å². The second kappa shape index (κ2) is 9.29. The topological polar surface area (TPSA) is 98.3 Å². The maximum Gasteiger partial charge on any atom is 0.346 e. The number of rotatable bonds is 8. The minimum atomic E-state index is -0.507. The molecule has 0 bridgehead atoms. The summed E-state index contributed by atoms with van der Waals surface area (Å²) in [6.07, 6.45) is 3.65. The first kappa shape index (κ1) is 19.1. The predicted molar refractivity (Wildman–Crippen MR) is 90.8 cm³/mol. The molecule has 1 rings (SSSR count). The summed E-state index contributed by atoms with van der Waals surface area (Å²) in [4.78, 5) is 35.3. The third kappa shape index (κ3) is 5.66. The Morgan fingerprint density at radius 3 is 2.39 bits per heavy atom. The Morgan fingerprint density at radius 2 is 1.83 bits per heavy atom. The van der Waals surface area contributed by atoms with Crippen molar-refractivity contribution in [1.82, 2.24) is 19.8 Å². The molecule has 0 saturated carbocycles. The summed E-state index contributed by atoms with van der Waals surface area (Å²) in [6, 6.07) is 0. The van der Waals surface area contributed by atoms with Crippen molar-refractivity contribution < 1.29 is 4.79 Å². The highest BCUT2D eigenvalue weighted by molar-refractivity contribution is 7.99. The molecule has 1 aromatic rings. The van der Waals surface area contributed by atoms with Gasteiger partial charge >= 0.3 is 5.69 Å². The van der Waals surface area contributed by atoms with Gasteiger partial charge in [0.15, 0.2) is 5.03 Å². The van der Waals surface area contributed by atoms with Crippen LogP contribution in [0, 0.1) is 0 Å². The molecule has 0 aliphatic carbocycles. The van der Waals surface area contributed by atoms with Crippen molar-refractivity contribution in [2.24, 2.45) is 19.2 Å². The zero-order valence-corrected chi connectivity index (χ0v) is 14.8. The summed E-state index contributed by atoms with van der Waals surface area (Å²) in [5.74, 6) is -0.299. The van der Waals surface area contributed by atoms with E-state index in [9.17, 15) is 14.4 Å². The second-order valence-electron chi connectivity index (χ2n) is 5.08. The lowest BCUT2D eigenvalue weighted by Gasteiger charge is -2.06. The van der Waals surface area contributed by atoms with Gasteiger partial charge in [0.05, 0.1) is 5.75 Å². The van der Waals surface area contributed by atoms with Gasteiger partial charge in [0.2, 0.25) is 5.91 Å². The van der Waals surface area contributed by atoms with Crippen molar-refractivity contribution in [1.29, 1.82) is 0 Å². The van der Waals surface area contributed by atoms with Crippen molar-refractivity contribution in [2.75, 3.05) is 5.75 Å². The fourth-order valence-electron chi connectivity index (χ4n) is 1.88. The molecule has 9 heteroatoms. The molecule has 0 spiro atoms. The van der Waals surface area contributed by atoms with Crippen LogP contribution in [-0.4, -0.2) is 31.7 Å². The van der Waals surface area contributed by atoms with Gasteiger partial charge in [-0.1, -0.05) is 38.5 Å². The number of nitrogens with one attached hydrogen (secondary N) is 1. The highest BCUT2D eigenvalue weighted by Crippen LogP contribution is 2.08. The molecular weight excluding hydrogens is 318 g/mol. The largest absolute Gasteiger partial charge is 0.346 e. The number of aromatic nitrogens is 3. The van der Waals surface area contributed by atoms with Crippen LogP contribution in [0.25, 0.3) is 0 Å². The lowest BCUT2D eigenvalue weighted by atomic mass is 10.1. The zero-order valence-electron chi connectivity index (χ0n) is 14.0. The molecule has 1 aromatic heterocycles. The van der Waals surface area contributed by atoms with E-state index >= 15 is 0 Å². The summed E-state index contributed by atoms with van der Waals surface area (Å²) >= 11 is 0.985. The standard InChI is InChI=1S/C14H23N5O3S/c1-5-7-10(8-6-2)15-16-11(20)9-23-12-13(21)18(3)14(22)19(4)17-12/h5-9H2,1-4H3,(H,16,20). The van der Waals surface area contributed by atoms with Gasteiger partial charge in [0.25, 0.3) is 5.56 Å². The maximum absolute atomic E-state index is 11.9. The molecule has 1 N–H and O–H groups in total. The molecule has 0 aromatic carbocycles. The van der Waals surface area contributed by atoms with Crippen molar-refractivity contribution in [3.05, 3.63) is 20.8 Å². The first-order valence-electron chi connectivity index (χ1n) is 7.52. The molecule has 8 nitrogen and oxygen atoms in total. The fourth-order valence-corrected chi connectivity index (χ4v) is 2.65. The summed E-state index contributed by atoms with van der Waals surface area (Å²) in [5.41, 5.74) is 2.46. The van der Waals surface area contributed by atoms with Crippen molar-refractivity contribution in [3.8, 4) is 0 Å². The van der Waals surface area contributed by atoms with Gasteiger partial charge in [-0.3, -0.25) is 14.2 Å². The molecule has 0 fully saturated rings. The van der Waals surface area contributed by atoms with Crippen LogP contribution < -0.4 is 16.7 Å². The van der Waals surface area contributed by atoms with Crippen LogP contribution in [-0.2, 0) is 18.9 Å². The summed E-state index contributed by atoms with van der Waals surface area (Å²) < 4.78 is 2.03. The predicted octanol–water partition coefficient (Wildman–Crippen LogP) is 0.644. The highest BCUT2D eigenvalue weighted by atomic mass is 32.2. The molecule has 23 heavy (non-hydrogen) atoms. The quantitative estimate of drug-likeness (QED) is 0.425. The van der Waals surface area contributed by atoms with Crippen LogP contribution in [0.3, 0.4) is 0 Å². The second-order valence-corrected chi connectivity index (χ2v) is 6.04. The molecule has 0 aliphatic rings. The Balaban J connectivity index is 2.69. The molecule has 0 saturated heterocycles. The first-order valence-corrected chi connectivity index (χ1v) is 8.50. The Labute approximate surface area is 139 Å². The molecule has 1 amide bonds. The van der Waals surface area contributed by atoms with Gasteiger partial charge < -0.3 is 0 Å². The smallest absolute Gasteiger partial charge is 0.272 e. The van der Waals surface area contributed by atoms with Crippen LogP contribution >= 0.6 is 11.8 Å². The lowest BCUT2D eigenvalue weighted by Crippen LogP contribution is -2.39. The van der Waals surface area contributed by atoms with E-state index in [-0.39, 0.29) is 16.7 Å². The summed E-state index contributed by atoms with van der Waals surface area (Å²) in [5, 5.41) is 8.12. The number of hydrogen-bond acceptors (Lipinski definition) is 6. The Bertz CT molecular complexity index is 685. The Morgan fingerprint density at radius 1 is 1.22 bits per heavy atom. The van der Waals surface area contributed by atoms with E-state index in [4.69, 9.17) is 0 Å². The van der Waals surface area contributed by atoms with Gasteiger partial charge in [0.1, 0.15) is 0 Å². The zero-order chi connectivity index (χ0) is 17.4. The number of amides is 1. The third-order valence-electron chi connectivity index (χ3n) is 3.05. The SMILES string of the molecule is CCCC(CCC)=NNC(=O)CSc1nn(C)c(=O)n(C)c1=O. The average molecular weight is 341 g/mol. The molecular formula is C14H23N5O3S. The van der Waals surface area contributed by atoms with E-state index in [1.807, 2.05) is 0 Å². The number of thioether (sulfide) groups is 1. The summed E-state index contributed by atoms with van der Waals surface area (Å²) in [6.45, 7) is 4.12. The molecule has 128 valence electrons. The van der Waals surface area contributed by atoms with Gasteiger partial charge in [-0.05, 0) is 12.8 Å². The fraction of sp³-hybridized carbons (Fsp3) is 0.643. The van der Waals surface area contributed by atoms with Gasteiger partial charge in [-0.25, -0.2) is 14.9 Å². The maximum atomic E-state index is 11.9. The molecule has 0 radical (unpaired) electrons. The number of hydrogen-bond donors (Lipinski definition) is 1. The van der Waals surface area contributed by atoms with E-state index in [2.05, 4.69) is 29.5 Å². The van der Waals surface area contributed by atoms with Crippen molar-refractivity contribution >= 4 is 23.4 Å². The number of carbonyl (C=O) groups is 1. The Hall–Kier alpha value is -1.90. The van der Waals surface area contributed by atoms with Gasteiger partial charge in [-0.2, -0.15) is 10.2 Å². The molecule has 0 unspecified atom stereocenters. The number of hydrazone groups is 1. The number of nitrogens with zero attached hydrogens (tertiary/aromatic N) is 4. The minimum Gasteiger partial charge on any atom is -0.272 e. The normalized spacial score (nSPS) is 10.4. The molecule has 1 heterocycles. The van der Waals surface area contributed by atoms with Crippen LogP contribution in [0.2, 0.25) is 0 Å². The number of aryl methyl sites for hydroxylation is 1. The third-order valence-corrected chi connectivity index (χ3v) is 3.98. The van der Waals surface area contributed by atoms with E-state index in [1.54, 1.807) is 0 Å². The van der Waals surface area contributed by atoms with E-state index in [0.717, 1.165) is 52.4 Å². The minimum absolute atomic E-state index is 0.00940. The van der Waals surface area contributed by atoms with E-state index < -0.39 is 11.2 Å². The van der Waals surface area contributed by atoms with E-state index in [1.165, 1.54) is 14.1 Å². The first-order chi connectivity index (χ1) is 10.9. The highest BCUT2D eigenvalue weighted by Gasteiger charge is 2.11. The van der Waals surface area contributed by atoms with Crippen LogP contribution in [0.1, 0.15) is 39.5 Å². The van der Waals surface area contributed by atoms with Crippen LogP contribution in [0.15, 0.2) is 19.7 Å². The van der Waals surface area contributed by atoms with Crippen molar-refractivity contribution in [3.63, 3.8) is 0 Å². The Kier molecular flexibility index (Phi) is 7.73. The van der Waals surface area contributed by atoms with Crippen molar-refractivity contribution in [2.45, 2.75) is 44.6 Å². The van der Waals surface area contributed by atoms with E-state index in [0.29, 0.717) is 0 Å². The summed E-state index contributed by atoms with van der Waals surface area (Å²) in [7, 11) is 2.83. The lowest BCUT2D eigenvalue weighted by molar-refractivity contribution is -0.118. The average Bonchev–Trinajstić information content (AvgIpc) is 2.53. The molecule has 0 aliphatic heterocycles. The van der Waals surface area contributed by atoms with Crippen LogP contribution in [0.5, 0.6) is 0 Å². The van der Waals surface area contributed by atoms with Gasteiger partial charge in [-0.15, -0.1) is 0 Å². The number of carbonyl (C=O) groups excluding carboxylic acids is 1. The monoisotopic (exact) mass is 341 g/mol. The van der Waals surface area contributed by atoms with Gasteiger partial charge in [0, 0.05) is 19.8 Å². The molecule has 0 atom stereocenters.